The van der Waals surface area contributed by atoms with Crippen LogP contribution in [0.1, 0.15) is 23.7 Å². The summed E-state index contributed by atoms with van der Waals surface area (Å²) in [5, 5.41) is 0.555. The van der Waals surface area contributed by atoms with E-state index >= 15 is 0 Å². The number of halogens is 2. The normalized spacial score (nSPS) is 10.2. The molecule has 0 aliphatic heterocycles. The maximum Gasteiger partial charge on any atom is 0.255 e. The van der Waals surface area contributed by atoms with Crippen LogP contribution in [0.4, 0.5) is 0 Å². The van der Waals surface area contributed by atoms with E-state index in [1.165, 1.54) is 4.90 Å². The third kappa shape index (κ3) is 4.49. The lowest BCUT2D eigenvalue weighted by atomic mass is 10.2. The van der Waals surface area contributed by atoms with Crippen molar-refractivity contribution in [2.75, 3.05) is 27.2 Å². The van der Waals surface area contributed by atoms with E-state index in [0.29, 0.717) is 21.6 Å². The predicted molar refractivity (Wildman–Crippen MR) is 84.0 cm³/mol. The SMILES string of the molecule is CCCN(CC(=O)N(C)C)C(=O)c1ccc(Cl)cc1Br. The molecule has 0 N–H and O–H groups in total. The minimum Gasteiger partial charge on any atom is -0.347 e. The summed E-state index contributed by atoms with van der Waals surface area (Å²) in [4.78, 5) is 27.3. The molecule has 0 aliphatic carbocycles. The second kappa shape index (κ2) is 7.64. The standard InChI is InChI=1S/C14H18BrClN2O2/c1-4-7-18(9-13(19)17(2)3)14(20)11-6-5-10(16)8-12(11)15/h5-6,8H,4,7,9H2,1-3H3. The second-order valence-corrected chi connectivity index (χ2v) is 5.93. The highest BCUT2D eigenvalue weighted by atomic mass is 79.9. The third-order valence-electron chi connectivity index (χ3n) is 2.77. The molecule has 1 rings (SSSR count). The summed E-state index contributed by atoms with van der Waals surface area (Å²) < 4.78 is 0.633. The van der Waals surface area contributed by atoms with Crippen molar-refractivity contribution in [2.45, 2.75) is 13.3 Å². The molecule has 0 saturated heterocycles. The molecular formula is C14H18BrClN2O2. The van der Waals surface area contributed by atoms with Crippen molar-refractivity contribution >= 4 is 39.3 Å². The molecule has 0 fully saturated rings. The molecule has 0 aliphatic rings. The maximum absolute atomic E-state index is 12.5. The molecule has 2 amide bonds. The van der Waals surface area contributed by atoms with Crippen LogP contribution in [0.2, 0.25) is 5.02 Å². The van der Waals surface area contributed by atoms with Gasteiger partial charge in [-0.15, -0.1) is 0 Å². The van der Waals surface area contributed by atoms with E-state index < -0.39 is 0 Å². The molecule has 110 valence electrons. The van der Waals surface area contributed by atoms with Gasteiger partial charge in [0.05, 0.1) is 5.56 Å². The minimum absolute atomic E-state index is 0.0781. The van der Waals surface area contributed by atoms with Crippen LogP contribution in [0, 0.1) is 0 Å². The van der Waals surface area contributed by atoms with E-state index in [0.717, 1.165) is 6.42 Å². The molecule has 0 bridgehead atoms. The highest BCUT2D eigenvalue weighted by Gasteiger charge is 2.20. The number of hydrogen-bond donors (Lipinski definition) is 0. The first-order chi connectivity index (χ1) is 9.36. The average Bonchev–Trinajstić information content (AvgIpc) is 2.37. The van der Waals surface area contributed by atoms with E-state index in [9.17, 15) is 9.59 Å². The highest BCUT2D eigenvalue weighted by Crippen LogP contribution is 2.23. The maximum atomic E-state index is 12.5. The summed E-state index contributed by atoms with van der Waals surface area (Å²) in [7, 11) is 3.35. The van der Waals surface area contributed by atoms with E-state index in [1.807, 2.05) is 6.92 Å². The first-order valence-corrected chi connectivity index (χ1v) is 7.48. The van der Waals surface area contributed by atoms with Crippen molar-refractivity contribution in [3.05, 3.63) is 33.3 Å². The van der Waals surface area contributed by atoms with E-state index in [4.69, 9.17) is 11.6 Å². The van der Waals surface area contributed by atoms with Gasteiger partial charge in [0.15, 0.2) is 0 Å². The number of nitrogens with zero attached hydrogens (tertiary/aromatic N) is 2. The molecule has 1 aromatic rings. The van der Waals surface area contributed by atoms with Crippen molar-refractivity contribution in [1.82, 2.24) is 9.80 Å². The van der Waals surface area contributed by atoms with E-state index in [1.54, 1.807) is 37.2 Å². The Labute approximate surface area is 132 Å². The topological polar surface area (TPSA) is 40.6 Å². The average molecular weight is 362 g/mol. The fourth-order valence-corrected chi connectivity index (χ4v) is 2.51. The number of hydrogen-bond acceptors (Lipinski definition) is 2. The molecule has 0 aromatic heterocycles. The molecular weight excluding hydrogens is 344 g/mol. The summed E-state index contributed by atoms with van der Waals surface area (Å²) in [6, 6.07) is 5.00. The predicted octanol–water partition coefficient (Wildman–Crippen LogP) is 3.04. The van der Waals surface area contributed by atoms with Crippen LogP contribution in [0.15, 0.2) is 22.7 Å². The van der Waals surface area contributed by atoms with Gasteiger partial charge in [-0.05, 0) is 40.5 Å². The fraction of sp³-hybridized carbons (Fsp3) is 0.429. The van der Waals surface area contributed by atoms with Gasteiger partial charge >= 0.3 is 0 Å². The highest BCUT2D eigenvalue weighted by molar-refractivity contribution is 9.10. The van der Waals surface area contributed by atoms with Crippen molar-refractivity contribution in [1.29, 1.82) is 0 Å². The summed E-state index contributed by atoms with van der Waals surface area (Å²) in [5.41, 5.74) is 0.509. The molecule has 0 saturated carbocycles. The smallest absolute Gasteiger partial charge is 0.255 e. The Hall–Kier alpha value is -1.07. The van der Waals surface area contributed by atoms with Crippen LogP contribution < -0.4 is 0 Å². The van der Waals surface area contributed by atoms with E-state index in [-0.39, 0.29) is 18.4 Å². The Bertz CT molecular complexity index is 506. The van der Waals surface area contributed by atoms with Gasteiger partial charge in [-0.2, -0.15) is 0 Å². The number of likely N-dealkylation sites (N-methyl/N-ethyl adjacent to an activating group) is 1. The van der Waals surface area contributed by atoms with Crippen LogP contribution in [0.3, 0.4) is 0 Å². The first-order valence-electron chi connectivity index (χ1n) is 6.31. The quantitative estimate of drug-likeness (QED) is 0.809. The second-order valence-electron chi connectivity index (χ2n) is 4.64. The van der Waals surface area contributed by atoms with Crippen molar-refractivity contribution in [3.8, 4) is 0 Å². The van der Waals surface area contributed by atoms with Crippen LogP contribution >= 0.6 is 27.5 Å². The molecule has 0 heterocycles. The molecule has 1 aromatic carbocycles. The summed E-state index contributed by atoms with van der Waals surface area (Å²) in [6.45, 7) is 2.58. The zero-order valence-corrected chi connectivity index (χ0v) is 14.2. The number of amides is 2. The summed E-state index contributed by atoms with van der Waals surface area (Å²) in [5.74, 6) is -0.275. The van der Waals surface area contributed by atoms with Gasteiger partial charge in [-0.25, -0.2) is 0 Å². The Morgan fingerprint density at radius 2 is 1.95 bits per heavy atom. The summed E-state index contributed by atoms with van der Waals surface area (Å²) in [6.07, 6.45) is 0.789. The zero-order valence-electron chi connectivity index (χ0n) is 11.8. The monoisotopic (exact) mass is 360 g/mol. The molecule has 0 unspecified atom stereocenters. The lowest BCUT2D eigenvalue weighted by Crippen LogP contribution is -2.40. The van der Waals surface area contributed by atoms with Gasteiger partial charge in [0.2, 0.25) is 5.91 Å². The number of benzene rings is 1. The lowest BCUT2D eigenvalue weighted by molar-refractivity contribution is -0.129. The Balaban J connectivity index is 2.96. The number of rotatable bonds is 5. The van der Waals surface area contributed by atoms with Crippen LogP contribution in [0.5, 0.6) is 0 Å². The van der Waals surface area contributed by atoms with Crippen LogP contribution in [0.25, 0.3) is 0 Å². The van der Waals surface area contributed by atoms with Gasteiger partial charge in [-0.1, -0.05) is 18.5 Å². The molecule has 4 nitrogen and oxygen atoms in total. The van der Waals surface area contributed by atoms with Gasteiger partial charge in [-0.3, -0.25) is 9.59 Å². The van der Waals surface area contributed by atoms with Crippen molar-refractivity contribution in [2.24, 2.45) is 0 Å². The minimum atomic E-state index is -0.175. The van der Waals surface area contributed by atoms with Crippen LogP contribution in [-0.4, -0.2) is 48.8 Å². The van der Waals surface area contributed by atoms with Gasteiger partial charge in [0.1, 0.15) is 6.54 Å². The van der Waals surface area contributed by atoms with Crippen molar-refractivity contribution < 1.29 is 9.59 Å². The van der Waals surface area contributed by atoms with Gasteiger partial charge < -0.3 is 9.80 Å². The van der Waals surface area contributed by atoms with E-state index in [2.05, 4.69) is 15.9 Å². The van der Waals surface area contributed by atoms with Crippen molar-refractivity contribution in [3.63, 3.8) is 0 Å². The molecule has 0 atom stereocenters. The number of carbonyl (C=O) groups excluding carboxylic acids is 2. The first kappa shape index (κ1) is 17.0. The Morgan fingerprint density at radius 1 is 1.30 bits per heavy atom. The third-order valence-corrected chi connectivity index (χ3v) is 3.66. The largest absolute Gasteiger partial charge is 0.347 e. The van der Waals surface area contributed by atoms with Gasteiger partial charge in [0, 0.05) is 30.1 Å². The summed E-state index contributed by atoms with van der Waals surface area (Å²) >= 11 is 9.21. The molecule has 0 radical (unpaired) electrons. The zero-order chi connectivity index (χ0) is 15.3. The Morgan fingerprint density at radius 3 is 2.45 bits per heavy atom. The Kier molecular flexibility index (Phi) is 6.49. The van der Waals surface area contributed by atoms with Gasteiger partial charge in [0.25, 0.3) is 5.91 Å². The number of carbonyl (C=O) groups is 2. The fourth-order valence-electron chi connectivity index (χ4n) is 1.66. The van der Waals surface area contributed by atoms with Crippen LogP contribution in [-0.2, 0) is 4.79 Å². The molecule has 0 spiro atoms. The lowest BCUT2D eigenvalue weighted by Gasteiger charge is -2.24. The molecule has 20 heavy (non-hydrogen) atoms. The molecule has 6 heteroatoms.